The van der Waals surface area contributed by atoms with Crippen LogP contribution in [0.4, 0.5) is 4.39 Å². The Morgan fingerprint density at radius 1 is 1.18 bits per heavy atom. The molecular weight excluding hydrogens is 287 g/mol. The predicted molar refractivity (Wildman–Crippen MR) is 80.3 cm³/mol. The van der Waals surface area contributed by atoms with Gasteiger partial charge >= 0.3 is 5.97 Å². The van der Waals surface area contributed by atoms with Crippen LogP contribution in [0.2, 0.25) is 0 Å². The van der Waals surface area contributed by atoms with E-state index < -0.39 is 5.97 Å². The lowest BCUT2D eigenvalue weighted by Gasteiger charge is -2.12. The van der Waals surface area contributed by atoms with Crippen LogP contribution >= 0.6 is 0 Å². The molecule has 0 aliphatic carbocycles. The number of hydrogen-bond acceptors (Lipinski definition) is 3. The summed E-state index contributed by atoms with van der Waals surface area (Å²) in [6.45, 7) is 2.11. The van der Waals surface area contributed by atoms with E-state index in [-0.39, 0.29) is 18.0 Å². The van der Waals surface area contributed by atoms with Crippen molar-refractivity contribution in [3.63, 3.8) is 0 Å². The molecule has 0 aliphatic rings. The minimum atomic E-state index is -1.04. The van der Waals surface area contributed by atoms with Crippen molar-refractivity contribution in [2.45, 2.75) is 13.3 Å². The van der Waals surface area contributed by atoms with Gasteiger partial charge in [0.05, 0.1) is 19.3 Å². The summed E-state index contributed by atoms with van der Waals surface area (Å²) in [7, 11) is 1.48. The number of aromatic carboxylic acids is 1. The molecule has 1 N–H and O–H groups in total. The van der Waals surface area contributed by atoms with Crippen LogP contribution in [-0.2, 0) is 6.42 Å². The first-order chi connectivity index (χ1) is 10.5. The fourth-order valence-corrected chi connectivity index (χ4v) is 2.09. The van der Waals surface area contributed by atoms with Gasteiger partial charge < -0.3 is 14.6 Å². The van der Waals surface area contributed by atoms with Crippen LogP contribution in [0.25, 0.3) is 0 Å². The number of aryl methyl sites for hydroxylation is 1. The summed E-state index contributed by atoms with van der Waals surface area (Å²) in [6, 6.07) is 9.27. The zero-order chi connectivity index (χ0) is 16.1. The van der Waals surface area contributed by atoms with Crippen LogP contribution in [0.3, 0.4) is 0 Å². The third-order valence-corrected chi connectivity index (χ3v) is 3.24. The third kappa shape index (κ3) is 3.75. The molecule has 0 amide bonds. The Morgan fingerprint density at radius 2 is 1.95 bits per heavy atom. The summed E-state index contributed by atoms with van der Waals surface area (Å²) in [5, 5.41) is 9.00. The summed E-state index contributed by atoms with van der Waals surface area (Å²) < 4.78 is 24.3. The number of halogens is 1. The molecule has 0 heterocycles. The molecule has 0 radical (unpaired) electrons. The first-order valence-electron chi connectivity index (χ1n) is 6.80. The zero-order valence-corrected chi connectivity index (χ0v) is 12.4. The number of rotatable bonds is 6. The highest BCUT2D eigenvalue weighted by molar-refractivity contribution is 5.88. The van der Waals surface area contributed by atoms with Gasteiger partial charge in [-0.15, -0.1) is 0 Å². The second-order valence-electron chi connectivity index (χ2n) is 4.86. The minimum absolute atomic E-state index is 0.109. The van der Waals surface area contributed by atoms with Crippen LogP contribution in [0.15, 0.2) is 36.4 Å². The second-order valence-corrected chi connectivity index (χ2v) is 4.86. The molecule has 0 atom stereocenters. The molecule has 0 fully saturated rings. The van der Waals surface area contributed by atoms with Crippen molar-refractivity contribution in [3.05, 3.63) is 58.9 Å². The van der Waals surface area contributed by atoms with Crippen molar-refractivity contribution in [3.8, 4) is 11.5 Å². The van der Waals surface area contributed by atoms with Crippen molar-refractivity contribution >= 4 is 5.97 Å². The molecule has 0 spiro atoms. The predicted octanol–water partition coefficient (Wildman–Crippen LogP) is 3.46. The average Bonchev–Trinajstić information content (AvgIpc) is 2.50. The van der Waals surface area contributed by atoms with E-state index in [0.29, 0.717) is 23.5 Å². The lowest BCUT2D eigenvalue weighted by atomic mass is 10.1. The highest BCUT2D eigenvalue weighted by atomic mass is 19.1. The topological polar surface area (TPSA) is 55.8 Å². The molecule has 0 saturated heterocycles. The smallest absolute Gasteiger partial charge is 0.335 e. The summed E-state index contributed by atoms with van der Waals surface area (Å²) in [6.07, 6.45) is 0.383. The summed E-state index contributed by atoms with van der Waals surface area (Å²) in [5.41, 5.74) is 1.65. The third-order valence-electron chi connectivity index (χ3n) is 3.24. The summed E-state index contributed by atoms with van der Waals surface area (Å²) in [4.78, 5) is 11.0. The molecule has 2 aromatic rings. The van der Waals surface area contributed by atoms with Crippen molar-refractivity contribution in [1.29, 1.82) is 0 Å². The molecule has 0 unspecified atom stereocenters. The maximum Gasteiger partial charge on any atom is 0.335 e. The molecule has 2 aromatic carbocycles. The van der Waals surface area contributed by atoms with Gasteiger partial charge in [-0.3, -0.25) is 0 Å². The van der Waals surface area contributed by atoms with Crippen LogP contribution in [0, 0.1) is 12.7 Å². The number of hydrogen-bond donors (Lipinski definition) is 1. The standard InChI is InChI=1S/C17H17FO4/c1-11-3-5-14(18)12(9-11)7-8-22-16-10-13(17(19)20)4-6-15(16)21-2/h3-6,9-10H,7-8H2,1-2H3,(H,19,20). The van der Waals surface area contributed by atoms with Crippen molar-refractivity contribution < 1.29 is 23.8 Å². The van der Waals surface area contributed by atoms with Crippen LogP contribution in [0.5, 0.6) is 11.5 Å². The van der Waals surface area contributed by atoms with E-state index >= 15 is 0 Å². The molecule has 0 saturated carbocycles. The molecule has 0 aromatic heterocycles. The Labute approximate surface area is 128 Å². The molecule has 4 nitrogen and oxygen atoms in total. The molecule has 116 valence electrons. The van der Waals surface area contributed by atoms with E-state index in [4.69, 9.17) is 14.6 Å². The molecule has 22 heavy (non-hydrogen) atoms. The van der Waals surface area contributed by atoms with Gasteiger partial charge in [-0.2, -0.15) is 0 Å². The summed E-state index contributed by atoms with van der Waals surface area (Å²) >= 11 is 0. The van der Waals surface area contributed by atoms with Gasteiger partial charge in [-0.25, -0.2) is 9.18 Å². The Balaban J connectivity index is 2.09. The maximum atomic E-state index is 13.7. The first-order valence-corrected chi connectivity index (χ1v) is 6.80. The van der Waals surface area contributed by atoms with Crippen molar-refractivity contribution in [2.75, 3.05) is 13.7 Å². The Hall–Kier alpha value is -2.56. The van der Waals surface area contributed by atoms with Gasteiger partial charge in [0, 0.05) is 6.42 Å². The molecule has 0 aliphatic heterocycles. The molecular formula is C17H17FO4. The maximum absolute atomic E-state index is 13.7. The first kappa shape index (κ1) is 15.8. The van der Waals surface area contributed by atoms with Gasteiger partial charge in [0.1, 0.15) is 5.82 Å². The second kappa shape index (κ2) is 6.93. The normalized spacial score (nSPS) is 10.3. The lowest BCUT2D eigenvalue weighted by molar-refractivity contribution is 0.0696. The largest absolute Gasteiger partial charge is 0.493 e. The SMILES string of the molecule is COc1ccc(C(=O)O)cc1OCCc1cc(C)ccc1F. The quantitative estimate of drug-likeness (QED) is 0.888. The monoisotopic (exact) mass is 304 g/mol. The van der Waals surface area contributed by atoms with E-state index in [1.165, 1.54) is 31.4 Å². The Kier molecular flexibility index (Phi) is 4.99. The highest BCUT2D eigenvalue weighted by Gasteiger charge is 2.10. The lowest BCUT2D eigenvalue weighted by Crippen LogP contribution is -2.06. The van der Waals surface area contributed by atoms with Crippen molar-refractivity contribution in [2.24, 2.45) is 0 Å². The van der Waals surface area contributed by atoms with Gasteiger partial charge in [-0.05, 0) is 36.8 Å². The van der Waals surface area contributed by atoms with Crippen LogP contribution in [-0.4, -0.2) is 24.8 Å². The number of carboxylic acids is 1. The number of benzene rings is 2. The van der Waals surface area contributed by atoms with E-state index in [0.717, 1.165) is 5.56 Å². The van der Waals surface area contributed by atoms with Crippen LogP contribution in [0.1, 0.15) is 21.5 Å². The van der Waals surface area contributed by atoms with E-state index in [9.17, 15) is 9.18 Å². The van der Waals surface area contributed by atoms with Crippen LogP contribution < -0.4 is 9.47 Å². The van der Waals surface area contributed by atoms with E-state index in [1.807, 2.05) is 6.92 Å². The fraction of sp³-hybridized carbons (Fsp3) is 0.235. The average molecular weight is 304 g/mol. The van der Waals surface area contributed by atoms with Gasteiger partial charge in [0.2, 0.25) is 0 Å². The van der Waals surface area contributed by atoms with Gasteiger partial charge in [-0.1, -0.05) is 17.7 Å². The Bertz CT molecular complexity index is 682. The molecule has 2 rings (SSSR count). The minimum Gasteiger partial charge on any atom is -0.493 e. The Morgan fingerprint density at radius 3 is 2.64 bits per heavy atom. The van der Waals surface area contributed by atoms with E-state index in [2.05, 4.69) is 0 Å². The number of carboxylic acid groups (broad SMARTS) is 1. The highest BCUT2D eigenvalue weighted by Crippen LogP contribution is 2.28. The number of ether oxygens (including phenoxy) is 2. The van der Waals surface area contributed by atoms with Crippen molar-refractivity contribution in [1.82, 2.24) is 0 Å². The molecule has 5 heteroatoms. The number of carbonyl (C=O) groups is 1. The number of methoxy groups -OCH3 is 1. The van der Waals surface area contributed by atoms with E-state index in [1.54, 1.807) is 12.1 Å². The zero-order valence-electron chi connectivity index (χ0n) is 12.4. The van der Waals surface area contributed by atoms with Gasteiger partial charge in [0.25, 0.3) is 0 Å². The van der Waals surface area contributed by atoms with Gasteiger partial charge in [0.15, 0.2) is 11.5 Å². The summed E-state index contributed by atoms with van der Waals surface area (Å²) in [5.74, 6) is -0.553. The fourth-order valence-electron chi connectivity index (χ4n) is 2.09. The molecule has 0 bridgehead atoms.